The molecule has 3 fully saturated rings. The average molecular weight is 410 g/mol. The summed E-state index contributed by atoms with van der Waals surface area (Å²) in [5, 5.41) is 11.3. The Morgan fingerprint density at radius 2 is 2.00 bits per heavy atom. The van der Waals surface area contributed by atoms with Crippen molar-refractivity contribution >= 4 is 12.0 Å². The number of hydrogen-bond acceptors (Lipinski definition) is 2. The monoisotopic (exact) mass is 409 g/mol. The van der Waals surface area contributed by atoms with Gasteiger partial charge < -0.3 is 10.0 Å². The molecule has 1 aromatic rings. The minimum Gasteiger partial charge on any atom is -0.388 e. The molecule has 0 unspecified atom stereocenters. The van der Waals surface area contributed by atoms with Crippen LogP contribution in [0.15, 0.2) is 42.0 Å². The zero-order valence-corrected chi connectivity index (χ0v) is 18.1. The van der Waals surface area contributed by atoms with E-state index in [0.29, 0.717) is 17.8 Å². The molecule has 160 valence electrons. The quantitative estimate of drug-likeness (QED) is 0.722. The minimum absolute atomic E-state index is 0.00683. The smallest absolute Gasteiger partial charge is 0.246 e. The third-order valence-corrected chi connectivity index (χ3v) is 9.20. The van der Waals surface area contributed by atoms with Gasteiger partial charge in [0.05, 0.1) is 6.10 Å². The Morgan fingerprint density at radius 1 is 1.20 bits per heavy atom. The van der Waals surface area contributed by atoms with Gasteiger partial charge in [0.2, 0.25) is 5.91 Å². The first-order valence-electron chi connectivity index (χ1n) is 11.3. The fourth-order valence-electron chi connectivity index (χ4n) is 7.55. The van der Waals surface area contributed by atoms with E-state index in [4.69, 9.17) is 0 Å². The normalized spacial score (nSPS) is 44.0. The largest absolute Gasteiger partial charge is 0.388 e. The molecule has 3 saturated carbocycles. The lowest BCUT2D eigenvalue weighted by molar-refractivity contribution is -0.140. The van der Waals surface area contributed by atoms with Gasteiger partial charge in [-0.3, -0.25) is 4.79 Å². The summed E-state index contributed by atoms with van der Waals surface area (Å²) in [6.45, 7) is 4.59. The van der Waals surface area contributed by atoms with Crippen LogP contribution in [0.1, 0.15) is 51.5 Å². The summed E-state index contributed by atoms with van der Waals surface area (Å²) >= 11 is 0. The molecule has 30 heavy (non-hydrogen) atoms. The van der Waals surface area contributed by atoms with Gasteiger partial charge >= 0.3 is 0 Å². The zero-order chi connectivity index (χ0) is 21.3. The summed E-state index contributed by atoms with van der Waals surface area (Å²) in [5.74, 6) is 1.38. The third kappa shape index (κ3) is 2.76. The number of likely N-dealkylation sites (N-methyl/N-ethyl adjacent to an activating group) is 1. The average Bonchev–Trinajstić information content (AvgIpc) is 2.96. The Labute approximate surface area is 178 Å². The highest BCUT2D eigenvalue weighted by Gasteiger charge is 2.61. The molecule has 0 saturated heterocycles. The van der Waals surface area contributed by atoms with E-state index in [1.54, 1.807) is 18.2 Å². The second kappa shape index (κ2) is 6.78. The molecule has 1 N–H and O–H groups in total. The topological polar surface area (TPSA) is 40.5 Å². The second-order valence-electron chi connectivity index (χ2n) is 10.5. The van der Waals surface area contributed by atoms with Crippen LogP contribution in [-0.4, -0.2) is 35.1 Å². The first-order chi connectivity index (χ1) is 14.2. The van der Waals surface area contributed by atoms with Crippen molar-refractivity contribution in [3.05, 3.63) is 53.4 Å². The van der Waals surface area contributed by atoms with Crippen molar-refractivity contribution < 1.29 is 14.3 Å². The number of hydrogen-bond donors (Lipinski definition) is 1. The lowest BCUT2D eigenvalue weighted by Crippen LogP contribution is -2.59. The van der Waals surface area contributed by atoms with Gasteiger partial charge in [0.15, 0.2) is 0 Å². The van der Waals surface area contributed by atoms with Gasteiger partial charge in [0.25, 0.3) is 0 Å². The van der Waals surface area contributed by atoms with Crippen molar-refractivity contribution in [1.29, 1.82) is 0 Å². The summed E-state index contributed by atoms with van der Waals surface area (Å²) in [6.07, 6.45) is 10.6. The number of nitrogens with zero attached hydrogens (tertiary/aromatic N) is 1. The zero-order valence-electron chi connectivity index (χ0n) is 18.1. The third-order valence-electron chi connectivity index (χ3n) is 9.20. The molecule has 1 aromatic carbocycles. The van der Waals surface area contributed by atoms with E-state index in [2.05, 4.69) is 19.9 Å². The molecule has 0 spiro atoms. The Kier molecular flexibility index (Phi) is 4.52. The highest BCUT2D eigenvalue weighted by Crippen LogP contribution is 2.64. The van der Waals surface area contributed by atoms with E-state index in [0.717, 1.165) is 43.2 Å². The number of amides is 1. The lowest BCUT2D eigenvalue weighted by Gasteiger charge is -2.59. The maximum Gasteiger partial charge on any atom is 0.246 e. The number of carbonyl (C=O) groups is 1. The molecule has 0 bridgehead atoms. The molecule has 5 rings (SSSR count). The first-order valence-corrected chi connectivity index (χ1v) is 11.3. The van der Waals surface area contributed by atoms with Crippen LogP contribution < -0.4 is 0 Å². The van der Waals surface area contributed by atoms with Crippen molar-refractivity contribution in [1.82, 2.24) is 4.90 Å². The molecule has 3 nitrogen and oxygen atoms in total. The van der Waals surface area contributed by atoms with E-state index in [-0.39, 0.29) is 28.6 Å². The van der Waals surface area contributed by atoms with E-state index >= 15 is 0 Å². The fourth-order valence-corrected chi connectivity index (χ4v) is 7.55. The van der Waals surface area contributed by atoms with E-state index in [1.165, 1.54) is 6.07 Å². The van der Waals surface area contributed by atoms with Crippen molar-refractivity contribution in [2.45, 2.75) is 58.1 Å². The Morgan fingerprint density at radius 3 is 2.77 bits per heavy atom. The molecule has 7 atom stereocenters. The first kappa shape index (κ1) is 20.0. The number of benzene rings is 1. The van der Waals surface area contributed by atoms with E-state index in [1.807, 2.05) is 24.1 Å². The standard InChI is InChI=1S/C26H32FNO2/c1-25-12-10-23(29)28(3)22(25)8-7-19-20(25)9-11-26(2)21(19)15-17(24(26)30)13-16-5-4-6-18(27)14-16/h4-6,10,12-14,19-22,24,30H,7-9,11,15H2,1-3H3/b17-13-/t19-,20+,21+,22-,24+,25-,26+/m1/s1. The van der Waals surface area contributed by atoms with Crippen LogP contribution in [0.5, 0.6) is 0 Å². The van der Waals surface area contributed by atoms with Gasteiger partial charge in [-0.25, -0.2) is 4.39 Å². The van der Waals surface area contributed by atoms with Crippen LogP contribution in [0.4, 0.5) is 4.39 Å². The molecule has 1 heterocycles. The van der Waals surface area contributed by atoms with Crippen molar-refractivity contribution in [3.8, 4) is 0 Å². The highest BCUT2D eigenvalue weighted by molar-refractivity contribution is 5.89. The Hall–Kier alpha value is -1.94. The molecule has 1 amide bonds. The van der Waals surface area contributed by atoms with Crippen LogP contribution in [0.3, 0.4) is 0 Å². The van der Waals surface area contributed by atoms with Crippen molar-refractivity contribution in [2.75, 3.05) is 7.05 Å². The van der Waals surface area contributed by atoms with Crippen LogP contribution >= 0.6 is 0 Å². The van der Waals surface area contributed by atoms with E-state index < -0.39 is 6.10 Å². The molecule has 1 aliphatic heterocycles. The predicted octanol–water partition coefficient (Wildman–Crippen LogP) is 4.82. The maximum atomic E-state index is 13.7. The number of halogens is 1. The van der Waals surface area contributed by atoms with Crippen molar-refractivity contribution in [3.63, 3.8) is 0 Å². The van der Waals surface area contributed by atoms with E-state index in [9.17, 15) is 14.3 Å². The Bertz CT molecular complexity index is 939. The number of carbonyl (C=O) groups excluding carboxylic acids is 1. The second-order valence-corrected chi connectivity index (χ2v) is 10.5. The van der Waals surface area contributed by atoms with Gasteiger partial charge in [0, 0.05) is 23.9 Å². The van der Waals surface area contributed by atoms with Gasteiger partial charge in [0.1, 0.15) is 5.82 Å². The fraction of sp³-hybridized carbons (Fsp3) is 0.577. The van der Waals surface area contributed by atoms with Crippen LogP contribution in [0, 0.1) is 34.4 Å². The van der Waals surface area contributed by atoms with Gasteiger partial charge in [-0.2, -0.15) is 0 Å². The molecular formula is C26H32FNO2. The molecule has 3 aliphatic carbocycles. The van der Waals surface area contributed by atoms with Crippen LogP contribution in [-0.2, 0) is 4.79 Å². The summed E-state index contributed by atoms with van der Waals surface area (Å²) < 4.78 is 13.7. The number of aliphatic hydroxyl groups is 1. The summed E-state index contributed by atoms with van der Waals surface area (Å²) in [5.41, 5.74) is 1.76. The lowest BCUT2D eigenvalue weighted by atomic mass is 9.48. The minimum atomic E-state index is -0.469. The van der Waals surface area contributed by atoms with Crippen LogP contribution in [0.25, 0.3) is 6.08 Å². The van der Waals surface area contributed by atoms with Gasteiger partial charge in [-0.05, 0) is 79.2 Å². The number of rotatable bonds is 1. The molecule has 0 radical (unpaired) electrons. The molecule has 4 heteroatoms. The Balaban J connectivity index is 1.48. The predicted molar refractivity (Wildman–Crippen MR) is 116 cm³/mol. The highest BCUT2D eigenvalue weighted by atomic mass is 19.1. The molecule has 0 aromatic heterocycles. The van der Waals surface area contributed by atoms with Gasteiger partial charge in [-0.1, -0.05) is 38.1 Å². The summed E-state index contributed by atoms with van der Waals surface area (Å²) in [4.78, 5) is 14.2. The maximum absolute atomic E-state index is 13.7. The van der Waals surface area contributed by atoms with Gasteiger partial charge in [-0.15, -0.1) is 0 Å². The van der Waals surface area contributed by atoms with Crippen molar-refractivity contribution in [2.24, 2.45) is 28.6 Å². The number of aliphatic hydroxyl groups excluding tert-OH is 1. The summed E-state index contributed by atoms with van der Waals surface area (Å²) in [7, 11) is 1.95. The van der Waals surface area contributed by atoms with Crippen LogP contribution in [0.2, 0.25) is 0 Å². The number of fused-ring (bicyclic) bond motifs is 5. The molecular weight excluding hydrogens is 377 g/mol. The summed E-state index contributed by atoms with van der Waals surface area (Å²) in [6, 6.07) is 6.90. The molecule has 4 aliphatic rings. The SMILES string of the molecule is CN1C(=O)C=C[C@]2(C)[C@H]3CC[C@]4(C)[C@@H](O)/C(=C\c5cccc(F)c5)C[C@H]4[C@@H]3CC[C@@H]12.